The highest BCUT2D eigenvalue weighted by atomic mass is 16.3. The van der Waals surface area contributed by atoms with Crippen LogP contribution in [0.4, 0.5) is 5.69 Å². The van der Waals surface area contributed by atoms with Crippen molar-refractivity contribution in [1.82, 2.24) is 0 Å². The van der Waals surface area contributed by atoms with E-state index in [-0.39, 0.29) is 6.10 Å². The summed E-state index contributed by atoms with van der Waals surface area (Å²) in [5.41, 5.74) is 3.88. The summed E-state index contributed by atoms with van der Waals surface area (Å²) < 4.78 is 0. The Morgan fingerprint density at radius 1 is 1.33 bits per heavy atom. The van der Waals surface area contributed by atoms with Gasteiger partial charge in [-0.05, 0) is 49.3 Å². The van der Waals surface area contributed by atoms with Crippen molar-refractivity contribution in [1.29, 1.82) is 0 Å². The number of hydrogen-bond donors (Lipinski definition) is 1. The van der Waals surface area contributed by atoms with Crippen LogP contribution in [0.5, 0.6) is 0 Å². The lowest BCUT2D eigenvalue weighted by molar-refractivity contribution is 0.199. The molecule has 0 amide bonds. The van der Waals surface area contributed by atoms with Crippen molar-refractivity contribution < 1.29 is 5.11 Å². The van der Waals surface area contributed by atoms with Gasteiger partial charge in [0, 0.05) is 18.8 Å². The van der Waals surface area contributed by atoms with Crippen molar-refractivity contribution in [3.63, 3.8) is 0 Å². The number of aliphatic hydroxyl groups is 1. The highest BCUT2D eigenvalue weighted by Crippen LogP contribution is 2.34. The molecule has 2 heteroatoms. The first kappa shape index (κ1) is 12.0. The van der Waals surface area contributed by atoms with Crippen LogP contribution in [-0.4, -0.2) is 18.2 Å². The fourth-order valence-corrected chi connectivity index (χ4v) is 3.42. The summed E-state index contributed by atoms with van der Waals surface area (Å²) in [4.78, 5) is 2.54. The van der Waals surface area contributed by atoms with E-state index >= 15 is 0 Å². The lowest BCUT2D eigenvalue weighted by atomic mass is 10.0. The number of anilines is 1. The summed E-state index contributed by atoms with van der Waals surface area (Å²) in [5.74, 6) is 0.895. The molecule has 1 heterocycles. The van der Waals surface area contributed by atoms with E-state index in [9.17, 15) is 5.11 Å². The molecule has 0 saturated heterocycles. The summed E-state index contributed by atoms with van der Waals surface area (Å²) in [5, 5.41) is 9.71. The second kappa shape index (κ2) is 4.93. The molecule has 1 aromatic rings. The van der Waals surface area contributed by atoms with E-state index in [0.717, 1.165) is 18.0 Å². The molecule has 0 aromatic heterocycles. The van der Waals surface area contributed by atoms with Gasteiger partial charge in [-0.15, -0.1) is 0 Å². The second-order valence-electron chi connectivity index (χ2n) is 5.91. The van der Waals surface area contributed by atoms with Gasteiger partial charge in [-0.3, -0.25) is 0 Å². The monoisotopic (exact) mass is 245 g/mol. The summed E-state index contributed by atoms with van der Waals surface area (Å²) in [6.45, 7) is 4.23. The van der Waals surface area contributed by atoms with Gasteiger partial charge in [-0.25, -0.2) is 0 Å². The Balaban J connectivity index is 1.78. The van der Waals surface area contributed by atoms with Crippen LogP contribution in [0.15, 0.2) is 18.2 Å². The van der Waals surface area contributed by atoms with E-state index < -0.39 is 0 Å². The molecule has 0 bridgehead atoms. The lowest BCUT2D eigenvalue weighted by Crippen LogP contribution is -2.26. The van der Waals surface area contributed by atoms with Gasteiger partial charge in [0.15, 0.2) is 0 Å². The Kier molecular flexibility index (Phi) is 3.29. The quantitative estimate of drug-likeness (QED) is 0.883. The number of rotatable bonds is 3. The second-order valence-corrected chi connectivity index (χ2v) is 5.91. The van der Waals surface area contributed by atoms with Crippen molar-refractivity contribution in [2.45, 2.75) is 45.1 Å². The molecule has 98 valence electrons. The summed E-state index contributed by atoms with van der Waals surface area (Å²) in [6, 6.07) is 6.47. The average molecular weight is 245 g/mol. The van der Waals surface area contributed by atoms with Gasteiger partial charge in [0.25, 0.3) is 0 Å². The Bertz CT molecular complexity index is 421. The van der Waals surface area contributed by atoms with Gasteiger partial charge < -0.3 is 10.0 Å². The van der Waals surface area contributed by atoms with Crippen LogP contribution >= 0.6 is 0 Å². The number of nitrogens with zero attached hydrogens (tertiary/aromatic N) is 1. The van der Waals surface area contributed by atoms with E-state index in [1.54, 1.807) is 0 Å². The predicted molar refractivity (Wildman–Crippen MR) is 75.0 cm³/mol. The maximum Gasteiger partial charge on any atom is 0.0762 e. The van der Waals surface area contributed by atoms with E-state index in [1.165, 1.54) is 49.9 Å². The molecule has 2 nitrogen and oxygen atoms in total. The zero-order valence-electron chi connectivity index (χ0n) is 11.2. The molecule has 1 atom stereocenters. The maximum absolute atomic E-state index is 9.71. The standard InChI is InChI=1S/C16H23NO/c1-12(18)15-7-6-14-8-9-17(16(14)10-15)11-13-4-2-3-5-13/h6-7,10,12-13,18H,2-5,8-9,11H2,1H3. The number of fused-ring (bicyclic) bond motifs is 1. The molecule has 3 rings (SSSR count). The van der Waals surface area contributed by atoms with Crippen LogP contribution < -0.4 is 4.90 Å². The number of aliphatic hydroxyl groups excluding tert-OH is 1. The van der Waals surface area contributed by atoms with Crippen LogP contribution in [0.2, 0.25) is 0 Å². The molecule has 0 radical (unpaired) electrons. The van der Waals surface area contributed by atoms with Crippen LogP contribution in [0, 0.1) is 5.92 Å². The maximum atomic E-state index is 9.71. The van der Waals surface area contributed by atoms with Gasteiger partial charge in [0.2, 0.25) is 0 Å². The summed E-state index contributed by atoms with van der Waals surface area (Å²) >= 11 is 0. The van der Waals surface area contributed by atoms with E-state index in [2.05, 4.69) is 23.1 Å². The van der Waals surface area contributed by atoms with Gasteiger partial charge >= 0.3 is 0 Å². The van der Waals surface area contributed by atoms with Crippen molar-refractivity contribution in [3.05, 3.63) is 29.3 Å². The molecule has 1 aromatic carbocycles. The molecular formula is C16H23NO. The highest BCUT2D eigenvalue weighted by molar-refractivity contribution is 5.59. The highest BCUT2D eigenvalue weighted by Gasteiger charge is 2.24. The first-order valence-electron chi connectivity index (χ1n) is 7.30. The first-order valence-corrected chi connectivity index (χ1v) is 7.30. The minimum Gasteiger partial charge on any atom is -0.389 e. The van der Waals surface area contributed by atoms with E-state index in [1.807, 2.05) is 6.92 Å². The fraction of sp³-hybridized carbons (Fsp3) is 0.625. The SMILES string of the molecule is CC(O)c1ccc2c(c1)N(CC1CCCC1)CC2. The van der Waals surface area contributed by atoms with Crippen LogP contribution in [0.1, 0.15) is 49.8 Å². The fourth-order valence-electron chi connectivity index (χ4n) is 3.42. The zero-order chi connectivity index (χ0) is 12.5. The molecule has 1 fully saturated rings. The Hall–Kier alpha value is -1.02. The molecular weight excluding hydrogens is 222 g/mol. The largest absolute Gasteiger partial charge is 0.389 e. The predicted octanol–water partition coefficient (Wildman–Crippen LogP) is 3.29. The number of hydrogen-bond acceptors (Lipinski definition) is 2. The van der Waals surface area contributed by atoms with Crippen molar-refractivity contribution in [3.8, 4) is 0 Å². The van der Waals surface area contributed by atoms with E-state index in [4.69, 9.17) is 0 Å². The minimum atomic E-state index is -0.357. The van der Waals surface area contributed by atoms with Crippen molar-refractivity contribution in [2.24, 2.45) is 5.92 Å². The lowest BCUT2D eigenvalue weighted by Gasteiger charge is -2.24. The topological polar surface area (TPSA) is 23.5 Å². The van der Waals surface area contributed by atoms with Crippen molar-refractivity contribution >= 4 is 5.69 Å². The van der Waals surface area contributed by atoms with Gasteiger partial charge in [-0.1, -0.05) is 25.0 Å². The van der Waals surface area contributed by atoms with Crippen LogP contribution in [0.3, 0.4) is 0 Å². The molecule has 1 aliphatic heterocycles. The molecule has 18 heavy (non-hydrogen) atoms. The molecule has 2 aliphatic rings. The first-order chi connectivity index (χ1) is 8.74. The third kappa shape index (κ3) is 2.26. The molecule has 0 spiro atoms. The minimum absolute atomic E-state index is 0.357. The smallest absolute Gasteiger partial charge is 0.0762 e. The van der Waals surface area contributed by atoms with Gasteiger partial charge in [0.1, 0.15) is 0 Å². The Morgan fingerprint density at radius 3 is 2.83 bits per heavy atom. The van der Waals surface area contributed by atoms with Gasteiger partial charge in [-0.2, -0.15) is 0 Å². The molecule has 1 unspecified atom stereocenters. The molecule has 1 saturated carbocycles. The van der Waals surface area contributed by atoms with E-state index in [0.29, 0.717) is 0 Å². The number of benzene rings is 1. The normalized spacial score (nSPS) is 21.3. The zero-order valence-corrected chi connectivity index (χ0v) is 11.2. The van der Waals surface area contributed by atoms with Gasteiger partial charge in [0.05, 0.1) is 6.10 Å². The van der Waals surface area contributed by atoms with Crippen LogP contribution in [0.25, 0.3) is 0 Å². The molecule has 1 aliphatic carbocycles. The Morgan fingerprint density at radius 2 is 2.11 bits per heavy atom. The summed E-state index contributed by atoms with van der Waals surface area (Å²) in [7, 11) is 0. The van der Waals surface area contributed by atoms with Crippen molar-refractivity contribution in [2.75, 3.05) is 18.0 Å². The van der Waals surface area contributed by atoms with Crippen LogP contribution in [-0.2, 0) is 6.42 Å². The third-order valence-corrected chi connectivity index (χ3v) is 4.54. The molecule has 1 N–H and O–H groups in total. The summed E-state index contributed by atoms with van der Waals surface area (Å²) in [6.07, 6.45) is 6.45. The Labute approximate surface area is 110 Å². The third-order valence-electron chi connectivity index (χ3n) is 4.54. The average Bonchev–Trinajstić information content (AvgIpc) is 2.99.